The van der Waals surface area contributed by atoms with Gasteiger partial charge in [-0.3, -0.25) is 4.90 Å². The van der Waals surface area contributed by atoms with Crippen molar-refractivity contribution in [3.63, 3.8) is 0 Å². The molecule has 31 heavy (non-hydrogen) atoms. The van der Waals surface area contributed by atoms with E-state index >= 15 is 0 Å². The first kappa shape index (κ1) is 19.1. The quantitative estimate of drug-likeness (QED) is 0.514. The zero-order valence-electron chi connectivity index (χ0n) is 17.4. The van der Waals surface area contributed by atoms with Crippen molar-refractivity contribution in [1.29, 1.82) is 0 Å². The number of sulfone groups is 1. The summed E-state index contributed by atoms with van der Waals surface area (Å²) < 4.78 is 29.2. The first-order valence-electron chi connectivity index (χ1n) is 10.8. The van der Waals surface area contributed by atoms with Crippen LogP contribution in [-0.2, 0) is 23.3 Å². The van der Waals surface area contributed by atoms with E-state index in [1.54, 1.807) is 18.2 Å². The van der Waals surface area contributed by atoms with Crippen molar-refractivity contribution >= 4 is 31.6 Å². The van der Waals surface area contributed by atoms with Crippen LogP contribution in [0.4, 0.5) is 0 Å². The number of H-pyrrole nitrogens is 1. The van der Waals surface area contributed by atoms with Gasteiger partial charge in [0.2, 0.25) is 9.84 Å². The van der Waals surface area contributed by atoms with Gasteiger partial charge in [0.25, 0.3) is 0 Å². The number of hydrogen-bond donors (Lipinski definition) is 2. The van der Waals surface area contributed by atoms with E-state index in [2.05, 4.69) is 21.5 Å². The Morgan fingerprint density at radius 3 is 2.74 bits per heavy atom. The van der Waals surface area contributed by atoms with E-state index in [0.29, 0.717) is 22.4 Å². The van der Waals surface area contributed by atoms with Crippen LogP contribution in [0.2, 0.25) is 0 Å². The number of nitrogens with zero attached hydrogens (tertiary/aromatic N) is 2. The molecule has 2 atom stereocenters. The van der Waals surface area contributed by atoms with Crippen LogP contribution in [-0.4, -0.2) is 47.2 Å². The minimum Gasteiger partial charge on any atom is -0.395 e. The minimum atomic E-state index is -3.63. The van der Waals surface area contributed by atoms with Crippen molar-refractivity contribution in [2.24, 2.45) is 7.05 Å². The van der Waals surface area contributed by atoms with E-state index in [1.807, 2.05) is 30.5 Å². The molecule has 160 valence electrons. The number of aromatic amines is 1. The van der Waals surface area contributed by atoms with Crippen LogP contribution in [0.5, 0.6) is 0 Å². The summed E-state index contributed by atoms with van der Waals surface area (Å²) in [5.41, 5.74) is 4.55. The van der Waals surface area contributed by atoms with Gasteiger partial charge in [0.05, 0.1) is 16.4 Å². The van der Waals surface area contributed by atoms with Crippen molar-refractivity contribution in [2.75, 3.05) is 13.2 Å². The SMILES string of the molecule is Cn1c2c(c3cc(S(=O)(=O)c4ccc5[nH]ccc5c4)ccc31)C1CCC(C2)N1CCO. The molecule has 1 saturated heterocycles. The molecule has 2 aromatic heterocycles. The van der Waals surface area contributed by atoms with Gasteiger partial charge in [-0.15, -0.1) is 0 Å². The second-order valence-electron chi connectivity index (χ2n) is 8.74. The van der Waals surface area contributed by atoms with Gasteiger partial charge in [-0.05, 0) is 60.9 Å². The Morgan fingerprint density at radius 1 is 1.10 bits per heavy atom. The number of rotatable bonds is 4. The fourth-order valence-corrected chi connectivity index (χ4v) is 7.09. The number of fused-ring (bicyclic) bond motifs is 7. The summed E-state index contributed by atoms with van der Waals surface area (Å²) in [6.07, 6.45) is 4.94. The molecular weight excluding hydrogens is 410 g/mol. The van der Waals surface area contributed by atoms with E-state index in [0.717, 1.165) is 41.1 Å². The van der Waals surface area contributed by atoms with Crippen LogP contribution in [0.15, 0.2) is 58.5 Å². The third-order valence-corrected chi connectivity index (χ3v) is 8.99. The average molecular weight is 436 g/mol. The maximum Gasteiger partial charge on any atom is 0.206 e. The Hall–Kier alpha value is -2.61. The number of aliphatic hydroxyl groups is 1. The zero-order chi connectivity index (χ0) is 21.3. The number of benzene rings is 2. The summed E-state index contributed by atoms with van der Waals surface area (Å²) in [5, 5.41) is 11.5. The van der Waals surface area contributed by atoms with Gasteiger partial charge in [0.1, 0.15) is 0 Å². The van der Waals surface area contributed by atoms with Gasteiger partial charge in [-0.1, -0.05) is 0 Å². The first-order valence-corrected chi connectivity index (χ1v) is 12.3. The fourth-order valence-electron chi connectivity index (χ4n) is 5.77. The van der Waals surface area contributed by atoms with E-state index in [1.165, 1.54) is 11.3 Å². The summed E-state index contributed by atoms with van der Waals surface area (Å²) >= 11 is 0. The lowest BCUT2D eigenvalue weighted by molar-refractivity contribution is 0.135. The van der Waals surface area contributed by atoms with Crippen LogP contribution >= 0.6 is 0 Å². The van der Waals surface area contributed by atoms with Crippen LogP contribution in [0.3, 0.4) is 0 Å². The molecule has 2 aliphatic rings. The van der Waals surface area contributed by atoms with Gasteiger partial charge in [0, 0.05) is 65.8 Å². The molecule has 6 rings (SSSR count). The first-order chi connectivity index (χ1) is 15.0. The van der Waals surface area contributed by atoms with Gasteiger partial charge in [-0.25, -0.2) is 8.42 Å². The zero-order valence-corrected chi connectivity index (χ0v) is 18.2. The lowest BCUT2D eigenvalue weighted by Gasteiger charge is -2.35. The van der Waals surface area contributed by atoms with Crippen LogP contribution < -0.4 is 0 Å². The van der Waals surface area contributed by atoms with Gasteiger partial charge in [0.15, 0.2) is 0 Å². The summed E-state index contributed by atoms with van der Waals surface area (Å²) in [4.78, 5) is 6.16. The molecule has 0 spiro atoms. The molecule has 0 amide bonds. The molecule has 0 radical (unpaired) electrons. The van der Waals surface area contributed by atoms with Crippen molar-refractivity contribution in [3.05, 3.63) is 59.9 Å². The molecule has 2 bridgehead atoms. The van der Waals surface area contributed by atoms with Crippen molar-refractivity contribution in [3.8, 4) is 0 Å². The molecule has 0 saturated carbocycles. The van der Waals surface area contributed by atoms with E-state index < -0.39 is 9.84 Å². The van der Waals surface area contributed by atoms with Crippen molar-refractivity contribution in [1.82, 2.24) is 14.5 Å². The highest BCUT2D eigenvalue weighted by Gasteiger charge is 2.42. The Labute approximate surface area is 181 Å². The largest absolute Gasteiger partial charge is 0.395 e. The highest BCUT2D eigenvalue weighted by molar-refractivity contribution is 7.91. The lowest BCUT2D eigenvalue weighted by atomic mass is 9.97. The molecule has 7 heteroatoms. The predicted molar refractivity (Wildman–Crippen MR) is 120 cm³/mol. The molecule has 2 aliphatic heterocycles. The summed E-state index contributed by atoms with van der Waals surface area (Å²) in [6.45, 7) is 0.814. The van der Waals surface area contributed by atoms with Gasteiger partial charge < -0.3 is 14.7 Å². The van der Waals surface area contributed by atoms with Crippen LogP contribution in [0.25, 0.3) is 21.8 Å². The maximum atomic E-state index is 13.5. The molecule has 4 aromatic rings. The van der Waals surface area contributed by atoms with Crippen molar-refractivity contribution in [2.45, 2.75) is 41.1 Å². The molecule has 6 nitrogen and oxygen atoms in total. The molecule has 0 aliphatic carbocycles. The standard InChI is InChI=1S/C24H25N3O3S/c1-26-21-7-4-18(31(29,30)17-3-5-20-15(12-17)8-9-25-20)14-19(21)24-22-6-2-16(13-23(24)26)27(22)10-11-28/h3-5,7-9,12,14,16,22,25,28H,2,6,10-11,13H2,1H3. The third-order valence-electron chi connectivity index (χ3n) is 7.24. The maximum absolute atomic E-state index is 13.5. The fraction of sp³-hybridized carbons (Fsp3) is 0.333. The number of hydrogen-bond acceptors (Lipinski definition) is 4. The van der Waals surface area contributed by atoms with Crippen molar-refractivity contribution < 1.29 is 13.5 Å². The monoisotopic (exact) mass is 435 g/mol. The van der Waals surface area contributed by atoms with E-state index in [4.69, 9.17) is 0 Å². The molecule has 1 fully saturated rings. The number of aromatic nitrogens is 2. The highest BCUT2D eigenvalue weighted by atomic mass is 32.2. The van der Waals surface area contributed by atoms with Crippen LogP contribution in [0, 0.1) is 0 Å². The van der Waals surface area contributed by atoms with Gasteiger partial charge >= 0.3 is 0 Å². The molecule has 4 heterocycles. The molecule has 2 N–H and O–H groups in total. The Bertz CT molecular complexity index is 1430. The van der Waals surface area contributed by atoms with E-state index in [9.17, 15) is 13.5 Å². The molecule has 2 unspecified atom stereocenters. The normalized spacial score (nSPS) is 21.2. The second kappa shape index (κ2) is 6.69. The second-order valence-corrected chi connectivity index (χ2v) is 10.7. The topological polar surface area (TPSA) is 78.3 Å². The van der Waals surface area contributed by atoms with Gasteiger partial charge in [-0.2, -0.15) is 0 Å². The Morgan fingerprint density at radius 2 is 1.90 bits per heavy atom. The summed E-state index contributed by atoms with van der Waals surface area (Å²) in [5.74, 6) is 0. The molecular formula is C24H25N3O3S. The number of aryl methyl sites for hydroxylation is 1. The Kier molecular flexibility index (Phi) is 4.12. The third kappa shape index (κ3) is 2.67. The Balaban J connectivity index is 1.51. The smallest absolute Gasteiger partial charge is 0.206 e. The summed E-state index contributed by atoms with van der Waals surface area (Å²) in [6, 6.07) is 13.4. The van der Waals surface area contributed by atoms with Crippen LogP contribution in [0.1, 0.15) is 30.1 Å². The molecule has 2 aromatic carbocycles. The predicted octanol–water partition coefficient (Wildman–Crippen LogP) is 3.55. The minimum absolute atomic E-state index is 0.147. The lowest BCUT2D eigenvalue weighted by Crippen LogP contribution is -2.39. The average Bonchev–Trinajstić information content (AvgIpc) is 3.42. The number of nitrogens with one attached hydrogen (secondary N) is 1. The summed E-state index contributed by atoms with van der Waals surface area (Å²) in [7, 11) is -1.55. The highest BCUT2D eigenvalue weighted by Crippen LogP contribution is 2.47. The number of aliphatic hydroxyl groups excluding tert-OH is 1. The van der Waals surface area contributed by atoms with E-state index in [-0.39, 0.29) is 12.6 Å².